The molecule has 0 radical (unpaired) electrons. The summed E-state index contributed by atoms with van der Waals surface area (Å²) >= 11 is 0. The summed E-state index contributed by atoms with van der Waals surface area (Å²) in [5.41, 5.74) is 2.15. The van der Waals surface area contributed by atoms with Gasteiger partial charge >= 0.3 is 11.8 Å². The Morgan fingerprint density at radius 1 is 0.967 bits per heavy atom. The number of carbonyl (C=O) groups is 2. The van der Waals surface area contributed by atoms with Gasteiger partial charge in [0, 0.05) is 45.0 Å². The molecule has 160 valence electrons. The van der Waals surface area contributed by atoms with Gasteiger partial charge in [-0.1, -0.05) is 30.3 Å². The molecule has 0 aliphatic carbocycles. The molecular weight excluding hydrogens is 380 g/mol. The number of benzene rings is 2. The van der Waals surface area contributed by atoms with Crippen molar-refractivity contribution in [3.8, 4) is 5.75 Å². The van der Waals surface area contributed by atoms with Crippen LogP contribution in [0, 0.1) is 0 Å². The van der Waals surface area contributed by atoms with Crippen molar-refractivity contribution in [3.63, 3.8) is 0 Å². The van der Waals surface area contributed by atoms with E-state index in [1.165, 1.54) is 5.69 Å². The molecule has 2 N–H and O–H groups in total. The third-order valence-electron chi connectivity index (χ3n) is 5.38. The number of methoxy groups -OCH3 is 1. The van der Waals surface area contributed by atoms with Crippen LogP contribution in [0.2, 0.25) is 0 Å². The fourth-order valence-corrected chi connectivity index (χ4v) is 3.52. The number of rotatable bonds is 7. The average Bonchev–Trinajstić information content (AvgIpc) is 2.80. The van der Waals surface area contributed by atoms with Crippen LogP contribution < -0.4 is 20.3 Å². The topological polar surface area (TPSA) is 73.9 Å². The quantitative estimate of drug-likeness (QED) is 0.681. The van der Waals surface area contributed by atoms with Crippen molar-refractivity contribution in [2.75, 3.05) is 51.3 Å². The van der Waals surface area contributed by atoms with Crippen molar-refractivity contribution in [2.45, 2.75) is 13.0 Å². The Bertz CT molecular complexity index is 818. The van der Waals surface area contributed by atoms with Gasteiger partial charge in [0.05, 0.1) is 13.2 Å². The molecule has 1 aliphatic heterocycles. The monoisotopic (exact) mass is 410 g/mol. The van der Waals surface area contributed by atoms with Crippen molar-refractivity contribution in [2.24, 2.45) is 0 Å². The van der Waals surface area contributed by atoms with Gasteiger partial charge < -0.3 is 20.3 Å². The van der Waals surface area contributed by atoms with Crippen LogP contribution in [0.1, 0.15) is 18.5 Å². The molecule has 1 heterocycles. The van der Waals surface area contributed by atoms with Gasteiger partial charge in [-0.15, -0.1) is 0 Å². The molecule has 0 spiro atoms. The third-order valence-corrected chi connectivity index (χ3v) is 5.38. The van der Waals surface area contributed by atoms with Gasteiger partial charge in [-0.3, -0.25) is 14.5 Å². The van der Waals surface area contributed by atoms with E-state index in [1.807, 2.05) is 49.4 Å². The van der Waals surface area contributed by atoms with E-state index in [9.17, 15) is 9.59 Å². The number of nitrogens with one attached hydrogen (secondary N) is 2. The highest BCUT2D eigenvalue weighted by atomic mass is 16.5. The predicted octanol–water partition coefficient (Wildman–Crippen LogP) is 1.81. The van der Waals surface area contributed by atoms with E-state index in [0.29, 0.717) is 6.54 Å². The van der Waals surface area contributed by atoms with E-state index in [4.69, 9.17) is 4.74 Å². The summed E-state index contributed by atoms with van der Waals surface area (Å²) in [6.45, 7) is 6.73. The Labute approximate surface area is 178 Å². The van der Waals surface area contributed by atoms with Crippen molar-refractivity contribution >= 4 is 17.5 Å². The molecule has 1 fully saturated rings. The van der Waals surface area contributed by atoms with Crippen LogP contribution in [-0.4, -0.2) is 63.1 Å². The molecule has 0 bridgehead atoms. The van der Waals surface area contributed by atoms with E-state index in [2.05, 4.69) is 32.6 Å². The van der Waals surface area contributed by atoms with Gasteiger partial charge in [0.25, 0.3) is 0 Å². The standard InChI is InChI=1S/C23H30N4O3/c1-18(19-6-4-3-5-7-19)25-23(29)22(28)24-12-13-26-14-16-27(17-15-26)20-8-10-21(30-2)11-9-20/h3-11,18H,12-17H2,1-2H3,(H,24,28)(H,25,29)/t18-/m1/s1. The minimum absolute atomic E-state index is 0.213. The lowest BCUT2D eigenvalue weighted by Crippen LogP contribution is -2.49. The Balaban J connectivity index is 1.35. The first-order valence-corrected chi connectivity index (χ1v) is 10.3. The molecule has 1 atom stereocenters. The molecule has 2 aromatic carbocycles. The second kappa shape index (κ2) is 10.6. The van der Waals surface area contributed by atoms with Crippen molar-refractivity contribution in [1.82, 2.24) is 15.5 Å². The fourth-order valence-electron chi connectivity index (χ4n) is 3.52. The lowest BCUT2D eigenvalue weighted by molar-refractivity contribution is -0.139. The van der Waals surface area contributed by atoms with Gasteiger partial charge in [0.1, 0.15) is 5.75 Å². The molecule has 3 rings (SSSR count). The van der Waals surface area contributed by atoms with Crippen LogP contribution in [0.15, 0.2) is 54.6 Å². The Morgan fingerprint density at radius 2 is 1.63 bits per heavy atom. The maximum absolute atomic E-state index is 12.1. The lowest BCUT2D eigenvalue weighted by Gasteiger charge is -2.36. The predicted molar refractivity (Wildman–Crippen MR) is 118 cm³/mol. The van der Waals surface area contributed by atoms with E-state index in [1.54, 1.807) is 7.11 Å². The highest BCUT2D eigenvalue weighted by Gasteiger charge is 2.19. The third kappa shape index (κ3) is 5.97. The number of hydrogen-bond acceptors (Lipinski definition) is 5. The summed E-state index contributed by atoms with van der Waals surface area (Å²) in [5, 5.41) is 5.46. The zero-order chi connectivity index (χ0) is 21.3. The van der Waals surface area contributed by atoms with Gasteiger partial charge in [-0.2, -0.15) is 0 Å². The average molecular weight is 411 g/mol. The lowest BCUT2D eigenvalue weighted by atomic mass is 10.1. The SMILES string of the molecule is COc1ccc(N2CCN(CCNC(=O)C(=O)N[C@H](C)c3ccccc3)CC2)cc1. The molecule has 1 saturated heterocycles. The summed E-state index contributed by atoms with van der Waals surface area (Å²) in [5.74, 6) is -0.333. The minimum Gasteiger partial charge on any atom is -0.497 e. The molecule has 2 amide bonds. The first kappa shape index (κ1) is 21.6. The molecule has 7 heteroatoms. The molecule has 30 heavy (non-hydrogen) atoms. The van der Waals surface area contributed by atoms with Gasteiger partial charge in [-0.25, -0.2) is 0 Å². The number of ether oxygens (including phenoxy) is 1. The number of carbonyl (C=O) groups excluding carboxylic acids is 2. The van der Waals surface area contributed by atoms with Crippen LogP contribution in [0.3, 0.4) is 0 Å². The Hall–Kier alpha value is -3.06. The number of amides is 2. The van der Waals surface area contributed by atoms with Gasteiger partial charge in [0.2, 0.25) is 0 Å². The zero-order valence-corrected chi connectivity index (χ0v) is 17.6. The fraction of sp³-hybridized carbons (Fsp3) is 0.391. The van der Waals surface area contributed by atoms with E-state index < -0.39 is 11.8 Å². The largest absolute Gasteiger partial charge is 0.497 e. The normalized spacial score (nSPS) is 15.3. The van der Waals surface area contributed by atoms with Crippen LogP contribution in [-0.2, 0) is 9.59 Å². The summed E-state index contributed by atoms with van der Waals surface area (Å²) < 4.78 is 5.21. The first-order chi connectivity index (χ1) is 14.6. The minimum atomic E-state index is -0.601. The highest BCUT2D eigenvalue weighted by molar-refractivity contribution is 6.35. The zero-order valence-electron chi connectivity index (χ0n) is 17.6. The van der Waals surface area contributed by atoms with Crippen molar-refractivity contribution in [1.29, 1.82) is 0 Å². The van der Waals surface area contributed by atoms with Crippen LogP contribution >= 0.6 is 0 Å². The van der Waals surface area contributed by atoms with E-state index >= 15 is 0 Å². The van der Waals surface area contributed by atoms with Gasteiger partial charge in [-0.05, 0) is 36.8 Å². The highest BCUT2D eigenvalue weighted by Crippen LogP contribution is 2.20. The molecule has 7 nitrogen and oxygen atoms in total. The number of anilines is 1. The molecule has 2 aromatic rings. The number of piperazine rings is 1. The van der Waals surface area contributed by atoms with E-state index in [0.717, 1.165) is 44.0 Å². The molecule has 0 unspecified atom stereocenters. The van der Waals surface area contributed by atoms with Gasteiger partial charge in [0.15, 0.2) is 0 Å². The smallest absolute Gasteiger partial charge is 0.309 e. The molecule has 1 aliphatic rings. The maximum atomic E-state index is 12.1. The summed E-state index contributed by atoms with van der Waals surface area (Å²) in [6.07, 6.45) is 0. The van der Waals surface area contributed by atoms with Crippen LogP contribution in [0.4, 0.5) is 5.69 Å². The Kier molecular flexibility index (Phi) is 7.68. The van der Waals surface area contributed by atoms with Crippen molar-refractivity contribution < 1.29 is 14.3 Å². The second-order valence-corrected chi connectivity index (χ2v) is 7.39. The van der Waals surface area contributed by atoms with E-state index in [-0.39, 0.29) is 6.04 Å². The number of hydrogen-bond donors (Lipinski definition) is 2. The maximum Gasteiger partial charge on any atom is 0.309 e. The summed E-state index contributed by atoms with van der Waals surface area (Å²) in [6, 6.07) is 17.5. The summed E-state index contributed by atoms with van der Waals surface area (Å²) in [7, 11) is 1.67. The second-order valence-electron chi connectivity index (χ2n) is 7.39. The summed E-state index contributed by atoms with van der Waals surface area (Å²) in [4.78, 5) is 28.8. The van der Waals surface area contributed by atoms with Crippen LogP contribution in [0.25, 0.3) is 0 Å². The van der Waals surface area contributed by atoms with Crippen LogP contribution in [0.5, 0.6) is 5.75 Å². The molecular formula is C23H30N4O3. The Morgan fingerprint density at radius 3 is 2.27 bits per heavy atom. The number of nitrogens with zero attached hydrogens (tertiary/aromatic N) is 2. The molecule has 0 aromatic heterocycles. The van der Waals surface area contributed by atoms with Crippen molar-refractivity contribution in [3.05, 3.63) is 60.2 Å². The first-order valence-electron chi connectivity index (χ1n) is 10.3. The molecule has 0 saturated carbocycles.